The van der Waals surface area contributed by atoms with Crippen molar-refractivity contribution in [2.45, 2.75) is 0 Å². The molecule has 0 radical (unpaired) electrons. The minimum absolute atomic E-state index is 0.462. The third-order valence-corrected chi connectivity index (χ3v) is 4.81. The Morgan fingerprint density at radius 2 is 1.71 bits per heavy atom. The zero-order chi connectivity index (χ0) is 16.7. The Balaban J connectivity index is 1.91. The number of thiazole rings is 1. The summed E-state index contributed by atoms with van der Waals surface area (Å²) in [6.07, 6.45) is 1.74. The van der Waals surface area contributed by atoms with Crippen molar-refractivity contribution in [3.05, 3.63) is 58.7 Å². The highest BCUT2D eigenvalue weighted by Gasteiger charge is 2.16. The molecule has 0 fully saturated rings. The Morgan fingerprint density at radius 1 is 0.917 bits per heavy atom. The summed E-state index contributed by atoms with van der Waals surface area (Å²) in [5.41, 5.74) is 9.92. The van der Waals surface area contributed by atoms with E-state index in [1.807, 2.05) is 36.4 Å². The average molecular weight is 373 g/mol. The van der Waals surface area contributed by atoms with Crippen LogP contribution in [0.5, 0.6) is 0 Å². The molecule has 0 aliphatic rings. The first-order valence-corrected chi connectivity index (χ1v) is 8.62. The van der Waals surface area contributed by atoms with Crippen LogP contribution in [0.4, 0.5) is 5.13 Å². The van der Waals surface area contributed by atoms with Crippen LogP contribution in [0.25, 0.3) is 32.9 Å². The van der Waals surface area contributed by atoms with E-state index in [4.69, 9.17) is 28.9 Å². The Bertz CT molecular complexity index is 1040. The van der Waals surface area contributed by atoms with E-state index < -0.39 is 0 Å². The van der Waals surface area contributed by atoms with Gasteiger partial charge in [-0.1, -0.05) is 34.5 Å². The summed E-state index contributed by atoms with van der Waals surface area (Å²) in [7, 11) is 0. The maximum absolute atomic E-state index is 6.12. The highest BCUT2D eigenvalue weighted by Crippen LogP contribution is 2.39. The first-order chi connectivity index (χ1) is 11.6. The van der Waals surface area contributed by atoms with E-state index in [0.29, 0.717) is 15.2 Å². The van der Waals surface area contributed by atoms with Gasteiger partial charge in [0.25, 0.3) is 0 Å². The monoisotopic (exact) mass is 372 g/mol. The second kappa shape index (κ2) is 6.02. The number of pyridine rings is 2. The third-order valence-electron chi connectivity index (χ3n) is 3.47. The molecule has 0 amide bonds. The number of hydrogen-bond donors (Lipinski definition) is 1. The maximum atomic E-state index is 6.12. The number of hydrogen-bond acceptors (Lipinski definition) is 5. The molecule has 0 saturated carbocycles. The van der Waals surface area contributed by atoms with E-state index in [1.165, 1.54) is 11.3 Å². The Morgan fingerprint density at radius 3 is 2.50 bits per heavy atom. The molecule has 0 saturated heterocycles. The van der Waals surface area contributed by atoms with Crippen LogP contribution < -0.4 is 5.73 Å². The SMILES string of the molecule is Nc1nc(-c2cc(Cl)cc(Cl)c2)c(-c2ccc3ncccc3n2)s1. The van der Waals surface area contributed by atoms with Crippen molar-refractivity contribution in [3.8, 4) is 21.8 Å². The van der Waals surface area contributed by atoms with Crippen molar-refractivity contribution in [1.82, 2.24) is 15.0 Å². The van der Waals surface area contributed by atoms with Gasteiger partial charge in [-0.15, -0.1) is 0 Å². The number of nitrogens with zero attached hydrogens (tertiary/aromatic N) is 3. The lowest BCUT2D eigenvalue weighted by Crippen LogP contribution is -1.88. The Hall–Kier alpha value is -2.21. The third kappa shape index (κ3) is 2.82. The molecular formula is C17H10Cl2N4S. The first-order valence-electron chi connectivity index (χ1n) is 7.05. The second-order valence-corrected chi connectivity index (χ2v) is 7.03. The van der Waals surface area contributed by atoms with Crippen molar-refractivity contribution in [2.75, 3.05) is 5.73 Å². The van der Waals surface area contributed by atoms with Gasteiger partial charge in [0.15, 0.2) is 5.13 Å². The highest BCUT2D eigenvalue weighted by molar-refractivity contribution is 7.19. The summed E-state index contributed by atoms with van der Waals surface area (Å²) in [5.74, 6) is 0. The van der Waals surface area contributed by atoms with E-state index in [0.717, 1.165) is 32.9 Å². The largest absolute Gasteiger partial charge is 0.375 e. The molecule has 4 rings (SSSR count). The average Bonchev–Trinajstić information content (AvgIpc) is 2.95. The van der Waals surface area contributed by atoms with E-state index >= 15 is 0 Å². The van der Waals surface area contributed by atoms with Gasteiger partial charge in [0.05, 0.1) is 27.3 Å². The quantitative estimate of drug-likeness (QED) is 0.517. The normalized spacial score (nSPS) is 11.1. The van der Waals surface area contributed by atoms with Crippen LogP contribution in [-0.4, -0.2) is 15.0 Å². The lowest BCUT2D eigenvalue weighted by Gasteiger charge is -2.05. The topological polar surface area (TPSA) is 64.7 Å². The van der Waals surface area contributed by atoms with Crippen molar-refractivity contribution in [2.24, 2.45) is 0 Å². The van der Waals surface area contributed by atoms with Crippen LogP contribution in [0.3, 0.4) is 0 Å². The smallest absolute Gasteiger partial charge is 0.181 e. The van der Waals surface area contributed by atoms with Crippen LogP contribution in [-0.2, 0) is 0 Å². The standard InChI is InChI=1S/C17H10Cl2N4S/c18-10-6-9(7-11(19)8-10)15-16(24-17(20)23-15)14-4-3-12-13(22-14)2-1-5-21-12/h1-8H,(H2,20,23). The van der Waals surface area contributed by atoms with Crippen LogP contribution in [0.15, 0.2) is 48.7 Å². The predicted molar refractivity (Wildman–Crippen MR) is 101 cm³/mol. The second-order valence-electron chi connectivity index (χ2n) is 5.13. The highest BCUT2D eigenvalue weighted by atomic mass is 35.5. The molecule has 1 aromatic carbocycles. The number of anilines is 1. The maximum Gasteiger partial charge on any atom is 0.181 e. The summed E-state index contributed by atoms with van der Waals surface area (Å²) in [6.45, 7) is 0. The number of fused-ring (bicyclic) bond motifs is 1. The minimum Gasteiger partial charge on any atom is -0.375 e. The van der Waals surface area contributed by atoms with Gasteiger partial charge in [-0.05, 0) is 42.5 Å². The molecule has 0 spiro atoms. The molecular weight excluding hydrogens is 363 g/mol. The van der Waals surface area contributed by atoms with Gasteiger partial charge in [-0.3, -0.25) is 4.98 Å². The van der Waals surface area contributed by atoms with Gasteiger partial charge in [-0.2, -0.15) is 0 Å². The zero-order valence-electron chi connectivity index (χ0n) is 12.2. The number of aromatic nitrogens is 3. The summed E-state index contributed by atoms with van der Waals surface area (Å²) in [5, 5.41) is 1.56. The van der Waals surface area contributed by atoms with Gasteiger partial charge in [0, 0.05) is 21.8 Å². The van der Waals surface area contributed by atoms with Crippen LogP contribution in [0.2, 0.25) is 10.0 Å². The molecule has 7 heteroatoms. The Labute approximate surface area is 151 Å². The molecule has 118 valence electrons. The van der Waals surface area contributed by atoms with Crippen molar-refractivity contribution in [3.63, 3.8) is 0 Å². The van der Waals surface area contributed by atoms with Gasteiger partial charge in [-0.25, -0.2) is 9.97 Å². The summed E-state index contributed by atoms with van der Waals surface area (Å²) >= 11 is 13.6. The van der Waals surface area contributed by atoms with Gasteiger partial charge in [0.1, 0.15) is 0 Å². The van der Waals surface area contributed by atoms with Crippen LogP contribution >= 0.6 is 34.5 Å². The fourth-order valence-corrected chi connectivity index (χ4v) is 3.83. The number of benzene rings is 1. The molecule has 0 aliphatic heterocycles. The van der Waals surface area contributed by atoms with E-state index in [1.54, 1.807) is 12.3 Å². The van der Waals surface area contributed by atoms with Gasteiger partial charge in [0.2, 0.25) is 0 Å². The number of nitrogens with two attached hydrogens (primary N) is 1. The van der Waals surface area contributed by atoms with Crippen molar-refractivity contribution in [1.29, 1.82) is 0 Å². The number of halogens is 2. The fraction of sp³-hybridized carbons (Fsp3) is 0. The molecule has 4 nitrogen and oxygen atoms in total. The van der Waals surface area contributed by atoms with Crippen molar-refractivity contribution >= 4 is 50.7 Å². The van der Waals surface area contributed by atoms with E-state index in [9.17, 15) is 0 Å². The van der Waals surface area contributed by atoms with Crippen LogP contribution in [0, 0.1) is 0 Å². The van der Waals surface area contributed by atoms with Crippen LogP contribution in [0.1, 0.15) is 0 Å². The van der Waals surface area contributed by atoms with Gasteiger partial charge >= 0.3 is 0 Å². The molecule has 3 heterocycles. The molecule has 2 N–H and O–H groups in total. The molecule has 0 unspecified atom stereocenters. The summed E-state index contributed by atoms with van der Waals surface area (Å²) < 4.78 is 0. The number of rotatable bonds is 2. The lowest BCUT2D eigenvalue weighted by molar-refractivity contribution is 1.33. The Kier molecular flexibility index (Phi) is 3.84. The zero-order valence-corrected chi connectivity index (χ0v) is 14.5. The minimum atomic E-state index is 0.462. The molecule has 0 aliphatic carbocycles. The first kappa shape index (κ1) is 15.3. The lowest BCUT2D eigenvalue weighted by atomic mass is 10.1. The van der Waals surface area contributed by atoms with E-state index in [-0.39, 0.29) is 0 Å². The van der Waals surface area contributed by atoms with Gasteiger partial charge < -0.3 is 5.73 Å². The summed E-state index contributed by atoms with van der Waals surface area (Å²) in [6, 6.07) is 12.9. The predicted octanol–water partition coefficient (Wildman–Crippen LogP) is 5.31. The van der Waals surface area contributed by atoms with E-state index in [2.05, 4.69) is 15.0 Å². The molecule has 3 aromatic heterocycles. The summed E-state index contributed by atoms with van der Waals surface area (Å²) in [4.78, 5) is 14.3. The fourth-order valence-electron chi connectivity index (χ4n) is 2.48. The molecule has 0 atom stereocenters. The molecule has 24 heavy (non-hydrogen) atoms. The number of nitrogen functional groups attached to an aromatic ring is 1. The molecule has 0 bridgehead atoms. The van der Waals surface area contributed by atoms with Crippen molar-refractivity contribution < 1.29 is 0 Å². The molecule has 4 aromatic rings.